The lowest BCUT2D eigenvalue weighted by Gasteiger charge is -2.18. The number of nitrogen functional groups attached to an aromatic ring is 1. The summed E-state index contributed by atoms with van der Waals surface area (Å²) in [6.07, 6.45) is 4.92. The van der Waals surface area contributed by atoms with Gasteiger partial charge in [-0.15, -0.1) is 11.3 Å². The number of nitrogens with one attached hydrogen (secondary N) is 2. The molecule has 114 valence electrons. The lowest BCUT2D eigenvalue weighted by molar-refractivity contribution is 0.0964. The van der Waals surface area contributed by atoms with E-state index in [1.54, 1.807) is 7.05 Å². The lowest BCUT2D eigenvalue weighted by Crippen LogP contribution is -2.26. The van der Waals surface area contributed by atoms with Crippen LogP contribution in [0.1, 0.15) is 45.7 Å². The van der Waals surface area contributed by atoms with E-state index in [1.165, 1.54) is 37.0 Å². The first-order valence-electron chi connectivity index (χ1n) is 7.23. The highest BCUT2D eigenvalue weighted by atomic mass is 32.1. The Hall–Kier alpha value is -1.76. The van der Waals surface area contributed by atoms with E-state index in [9.17, 15) is 9.59 Å². The fourth-order valence-corrected chi connectivity index (χ4v) is 3.78. The Kier molecular flexibility index (Phi) is 3.52. The molecule has 6 N–H and O–H groups in total. The van der Waals surface area contributed by atoms with E-state index < -0.39 is 5.91 Å². The molecule has 3 rings (SSSR count). The van der Waals surface area contributed by atoms with Crippen LogP contribution in [0.5, 0.6) is 0 Å². The van der Waals surface area contributed by atoms with Gasteiger partial charge in [-0.1, -0.05) is 0 Å². The maximum atomic E-state index is 12.1. The highest BCUT2D eigenvalue weighted by molar-refractivity contribution is 7.19. The fraction of sp³-hybridized carbons (Fsp3) is 0.571. The van der Waals surface area contributed by atoms with Crippen LogP contribution in [0, 0.1) is 11.8 Å². The third-order valence-electron chi connectivity index (χ3n) is 4.18. The van der Waals surface area contributed by atoms with Gasteiger partial charge in [-0.25, -0.2) is 0 Å². The number of amides is 2. The van der Waals surface area contributed by atoms with E-state index in [4.69, 9.17) is 11.5 Å². The third kappa shape index (κ3) is 2.70. The van der Waals surface area contributed by atoms with Crippen LogP contribution in [0.4, 0.5) is 10.7 Å². The van der Waals surface area contributed by atoms with Crippen molar-refractivity contribution in [2.45, 2.75) is 31.7 Å². The number of nitrogens with two attached hydrogens (primary N) is 2. The molecule has 21 heavy (non-hydrogen) atoms. The van der Waals surface area contributed by atoms with E-state index in [2.05, 4.69) is 10.6 Å². The van der Waals surface area contributed by atoms with Gasteiger partial charge in [0.1, 0.15) is 9.88 Å². The third-order valence-corrected chi connectivity index (χ3v) is 5.33. The summed E-state index contributed by atoms with van der Waals surface area (Å²) in [6, 6.07) is 0.382. The van der Waals surface area contributed by atoms with Crippen LogP contribution in [0.15, 0.2) is 0 Å². The highest BCUT2D eigenvalue weighted by Gasteiger charge is 2.42. The molecule has 0 radical (unpaired) electrons. The number of rotatable bonds is 6. The van der Waals surface area contributed by atoms with Gasteiger partial charge in [-0.2, -0.15) is 0 Å². The second-order valence-corrected chi connectivity index (χ2v) is 6.86. The molecule has 6 nitrogen and oxygen atoms in total. The van der Waals surface area contributed by atoms with Gasteiger partial charge in [-0.3, -0.25) is 9.59 Å². The van der Waals surface area contributed by atoms with Crippen LogP contribution in [0.3, 0.4) is 0 Å². The predicted octanol–water partition coefficient (Wildman–Crippen LogP) is 1.39. The van der Waals surface area contributed by atoms with Crippen molar-refractivity contribution in [1.29, 1.82) is 0 Å². The molecule has 2 amide bonds. The summed E-state index contributed by atoms with van der Waals surface area (Å²) in [7, 11) is 1.55. The lowest BCUT2D eigenvalue weighted by atomic mass is 10.1. The standard InChI is InChI=1S/C14H20N4O2S/c1-17-13(20)8-9(15)11(12(16)19)21-14(8)18-10(6-2-3-6)7-4-5-7/h6-7,10,18H,2-5,15H2,1H3,(H2,16,19)(H,17,20). The Labute approximate surface area is 127 Å². The fourth-order valence-electron chi connectivity index (χ4n) is 2.76. The van der Waals surface area contributed by atoms with Crippen molar-refractivity contribution in [3.05, 3.63) is 10.4 Å². The zero-order valence-electron chi connectivity index (χ0n) is 11.9. The smallest absolute Gasteiger partial charge is 0.260 e. The number of thiophene rings is 1. The number of carbonyl (C=O) groups is 2. The van der Waals surface area contributed by atoms with Crippen molar-refractivity contribution in [3.8, 4) is 0 Å². The zero-order chi connectivity index (χ0) is 15.1. The van der Waals surface area contributed by atoms with Gasteiger partial charge in [0.05, 0.1) is 11.3 Å². The minimum atomic E-state index is -0.593. The summed E-state index contributed by atoms with van der Waals surface area (Å²) in [4.78, 5) is 23.8. The van der Waals surface area contributed by atoms with Crippen LogP contribution in [0.25, 0.3) is 0 Å². The van der Waals surface area contributed by atoms with Crippen molar-refractivity contribution in [2.75, 3.05) is 18.1 Å². The first kappa shape index (κ1) is 14.2. The summed E-state index contributed by atoms with van der Waals surface area (Å²) in [5, 5.41) is 6.72. The van der Waals surface area contributed by atoms with Crippen molar-refractivity contribution < 1.29 is 9.59 Å². The van der Waals surface area contributed by atoms with E-state index in [-0.39, 0.29) is 16.5 Å². The summed E-state index contributed by atoms with van der Waals surface area (Å²) >= 11 is 1.19. The normalized spacial score (nSPS) is 17.8. The average Bonchev–Trinajstić information content (AvgIpc) is 3.34. The van der Waals surface area contributed by atoms with Gasteiger partial charge < -0.3 is 22.1 Å². The van der Waals surface area contributed by atoms with Gasteiger partial charge in [0.25, 0.3) is 11.8 Å². The Morgan fingerprint density at radius 3 is 2.24 bits per heavy atom. The molecule has 2 saturated carbocycles. The first-order chi connectivity index (χ1) is 10.0. The molecule has 0 saturated heterocycles. The molecule has 0 unspecified atom stereocenters. The molecule has 1 heterocycles. The average molecular weight is 308 g/mol. The maximum Gasteiger partial charge on any atom is 0.260 e. The number of hydrogen-bond donors (Lipinski definition) is 4. The summed E-state index contributed by atoms with van der Waals surface area (Å²) < 4.78 is 0. The molecule has 1 aromatic rings. The molecule has 0 spiro atoms. The Bertz CT molecular complexity index is 578. The van der Waals surface area contributed by atoms with Crippen LogP contribution in [-0.4, -0.2) is 24.9 Å². The van der Waals surface area contributed by atoms with Crippen LogP contribution >= 0.6 is 11.3 Å². The molecule has 2 fully saturated rings. The summed E-state index contributed by atoms with van der Waals surface area (Å²) in [5.41, 5.74) is 11.8. The van der Waals surface area contributed by atoms with Gasteiger partial charge >= 0.3 is 0 Å². The van der Waals surface area contributed by atoms with Crippen molar-refractivity contribution >= 4 is 33.8 Å². The van der Waals surface area contributed by atoms with Crippen LogP contribution in [0.2, 0.25) is 0 Å². The molecule has 0 bridgehead atoms. The van der Waals surface area contributed by atoms with Gasteiger partial charge in [-0.05, 0) is 37.5 Å². The second kappa shape index (κ2) is 5.22. The molecule has 0 aromatic carbocycles. The number of hydrogen-bond acceptors (Lipinski definition) is 5. The Morgan fingerprint density at radius 2 is 1.81 bits per heavy atom. The highest BCUT2D eigenvalue weighted by Crippen LogP contribution is 2.47. The van der Waals surface area contributed by atoms with E-state index in [1.807, 2.05) is 0 Å². The van der Waals surface area contributed by atoms with Crippen LogP contribution < -0.4 is 22.1 Å². The van der Waals surface area contributed by atoms with Gasteiger partial charge in [0, 0.05) is 13.1 Å². The zero-order valence-corrected chi connectivity index (χ0v) is 12.8. The largest absolute Gasteiger partial charge is 0.397 e. The van der Waals surface area contributed by atoms with E-state index >= 15 is 0 Å². The SMILES string of the molecule is CNC(=O)c1c(NC(C2CC2)C2CC2)sc(C(N)=O)c1N. The van der Waals surface area contributed by atoms with Crippen molar-refractivity contribution in [2.24, 2.45) is 17.6 Å². The van der Waals surface area contributed by atoms with E-state index in [0.717, 1.165) is 0 Å². The Balaban J connectivity index is 1.93. The molecular formula is C14H20N4O2S. The summed E-state index contributed by atoms with van der Waals surface area (Å²) in [6.45, 7) is 0. The van der Waals surface area contributed by atoms with E-state index in [0.29, 0.717) is 28.4 Å². The van der Waals surface area contributed by atoms with Gasteiger partial charge in [0.15, 0.2) is 0 Å². The number of carbonyl (C=O) groups excluding carboxylic acids is 2. The topological polar surface area (TPSA) is 110 Å². The predicted molar refractivity (Wildman–Crippen MR) is 83.5 cm³/mol. The van der Waals surface area contributed by atoms with Crippen molar-refractivity contribution in [3.63, 3.8) is 0 Å². The molecule has 2 aliphatic rings. The molecule has 0 aliphatic heterocycles. The first-order valence-corrected chi connectivity index (χ1v) is 8.05. The number of primary amides is 1. The molecule has 1 aromatic heterocycles. The second-order valence-electron chi connectivity index (χ2n) is 5.84. The minimum absolute atomic E-state index is 0.180. The molecule has 7 heteroatoms. The Morgan fingerprint density at radius 1 is 1.24 bits per heavy atom. The number of anilines is 2. The van der Waals surface area contributed by atoms with Crippen LogP contribution in [-0.2, 0) is 0 Å². The summed E-state index contributed by atoms with van der Waals surface area (Å²) in [5.74, 6) is 0.472. The minimum Gasteiger partial charge on any atom is -0.397 e. The quantitative estimate of drug-likeness (QED) is 0.636. The molecular weight excluding hydrogens is 288 g/mol. The monoisotopic (exact) mass is 308 g/mol. The van der Waals surface area contributed by atoms with Crippen molar-refractivity contribution in [1.82, 2.24) is 5.32 Å². The molecule has 0 atom stereocenters. The molecule has 2 aliphatic carbocycles. The van der Waals surface area contributed by atoms with Gasteiger partial charge in [0.2, 0.25) is 0 Å². The maximum absolute atomic E-state index is 12.1.